The van der Waals surface area contributed by atoms with E-state index in [-0.39, 0.29) is 11.3 Å². The highest BCUT2D eigenvalue weighted by atomic mass is 32.2. The van der Waals surface area contributed by atoms with Crippen LogP contribution in [0.3, 0.4) is 0 Å². The number of carbonyl (C=O) groups excluding carboxylic acids is 1. The standard InChI is InChI=1S/C16H21N3O3S/c1-16(2,3)22-15(20)19-8-4-5-13(11-19)23(21)14-9-12(10-17)6-7-18-14/h6-7,9,13H,4-5,8,11H2,1-3H3/t13-,23+/m0/s1. The molecule has 23 heavy (non-hydrogen) atoms. The Morgan fingerprint density at radius 3 is 2.91 bits per heavy atom. The molecule has 1 aliphatic rings. The number of hydrogen-bond donors (Lipinski definition) is 0. The van der Waals surface area contributed by atoms with E-state index in [0.29, 0.717) is 23.7 Å². The van der Waals surface area contributed by atoms with Crippen LogP contribution in [0, 0.1) is 11.3 Å². The van der Waals surface area contributed by atoms with Gasteiger partial charge in [-0.05, 0) is 45.7 Å². The molecular formula is C16H21N3O3S. The van der Waals surface area contributed by atoms with E-state index >= 15 is 0 Å². The van der Waals surface area contributed by atoms with Crippen LogP contribution >= 0.6 is 0 Å². The van der Waals surface area contributed by atoms with Crippen LogP contribution in [0.25, 0.3) is 0 Å². The van der Waals surface area contributed by atoms with Gasteiger partial charge in [0.25, 0.3) is 0 Å². The average molecular weight is 335 g/mol. The maximum absolute atomic E-state index is 12.7. The summed E-state index contributed by atoms with van der Waals surface area (Å²) in [7, 11) is -1.35. The second-order valence-electron chi connectivity index (χ2n) is 6.48. The molecule has 0 saturated carbocycles. The van der Waals surface area contributed by atoms with E-state index in [9.17, 15) is 9.00 Å². The fourth-order valence-corrected chi connectivity index (χ4v) is 3.81. The Morgan fingerprint density at radius 1 is 1.52 bits per heavy atom. The first-order valence-electron chi connectivity index (χ1n) is 7.55. The molecule has 2 atom stereocenters. The fourth-order valence-electron chi connectivity index (χ4n) is 2.37. The molecule has 2 heterocycles. The van der Waals surface area contributed by atoms with Crippen molar-refractivity contribution >= 4 is 16.9 Å². The van der Waals surface area contributed by atoms with E-state index in [0.717, 1.165) is 12.8 Å². The molecule has 0 N–H and O–H groups in total. The summed E-state index contributed by atoms with van der Waals surface area (Å²) in [5, 5.41) is 9.12. The van der Waals surface area contributed by atoms with E-state index in [1.807, 2.05) is 26.8 Å². The lowest BCUT2D eigenvalue weighted by Gasteiger charge is -2.33. The molecule has 0 spiro atoms. The Bertz CT molecular complexity index is 649. The monoisotopic (exact) mass is 335 g/mol. The van der Waals surface area contributed by atoms with Crippen molar-refractivity contribution in [2.45, 2.75) is 49.5 Å². The SMILES string of the molecule is CC(C)(C)OC(=O)N1CCC[C@H]([S@@](=O)c2cc(C#N)ccn2)C1. The van der Waals surface area contributed by atoms with Crippen molar-refractivity contribution in [1.82, 2.24) is 9.88 Å². The van der Waals surface area contributed by atoms with Gasteiger partial charge in [-0.2, -0.15) is 5.26 Å². The second kappa shape index (κ2) is 7.09. The molecule has 0 aliphatic carbocycles. The minimum absolute atomic E-state index is 0.197. The van der Waals surface area contributed by atoms with Gasteiger partial charge in [0, 0.05) is 19.3 Å². The lowest BCUT2D eigenvalue weighted by atomic mass is 10.1. The summed E-state index contributed by atoms with van der Waals surface area (Å²) in [6.45, 7) is 6.44. The van der Waals surface area contributed by atoms with Gasteiger partial charge in [-0.25, -0.2) is 9.78 Å². The molecule has 1 aromatic rings. The zero-order valence-electron chi connectivity index (χ0n) is 13.6. The molecule has 0 radical (unpaired) electrons. The number of carbonyl (C=O) groups is 1. The minimum atomic E-state index is -1.35. The zero-order valence-corrected chi connectivity index (χ0v) is 14.4. The molecule has 0 unspecified atom stereocenters. The number of nitrogens with zero attached hydrogens (tertiary/aromatic N) is 3. The zero-order chi connectivity index (χ0) is 17.0. The highest BCUT2D eigenvalue weighted by Crippen LogP contribution is 2.21. The van der Waals surface area contributed by atoms with Crippen LogP contribution in [0.5, 0.6) is 0 Å². The van der Waals surface area contributed by atoms with Gasteiger partial charge in [0.05, 0.1) is 27.7 Å². The van der Waals surface area contributed by atoms with Gasteiger partial charge in [0.1, 0.15) is 10.6 Å². The molecule has 0 bridgehead atoms. The lowest BCUT2D eigenvalue weighted by molar-refractivity contribution is 0.0219. The van der Waals surface area contributed by atoms with Crippen molar-refractivity contribution in [1.29, 1.82) is 5.26 Å². The third-order valence-electron chi connectivity index (χ3n) is 3.40. The van der Waals surface area contributed by atoms with Gasteiger partial charge >= 0.3 is 6.09 Å². The minimum Gasteiger partial charge on any atom is -0.444 e. The number of pyridine rings is 1. The van der Waals surface area contributed by atoms with Gasteiger partial charge in [-0.1, -0.05) is 0 Å². The van der Waals surface area contributed by atoms with Crippen molar-refractivity contribution in [3.05, 3.63) is 23.9 Å². The molecule has 2 rings (SSSR count). The molecule has 1 amide bonds. The van der Waals surface area contributed by atoms with Gasteiger partial charge in [0.15, 0.2) is 0 Å². The van der Waals surface area contributed by atoms with E-state index in [1.54, 1.807) is 17.0 Å². The van der Waals surface area contributed by atoms with Crippen LogP contribution in [-0.4, -0.2) is 44.1 Å². The predicted molar refractivity (Wildman–Crippen MR) is 86.2 cm³/mol. The topological polar surface area (TPSA) is 83.3 Å². The van der Waals surface area contributed by atoms with E-state index in [4.69, 9.17) is 10.00 Å². The number of likely N-dealkylation sites (tertiary alicyclic amines) is 1. The van der Waals surface area contributed by atoms with Crippen LogP contribution < -0.4 is 0 Å². The smallest absolute Gasteiger partial charge is 0.410 e. The lowest BCUT2D eigenvalue weighted by Crippen LogP contribution is -2.45. The first-order chi connectivity index (χ1) is 10.8. The summed E-state index contributed by atoms with van der Waals surface area (Å²) in [6.07, 6.45) is 2.64. The van der Waals surface area contributed by atoms with Gasteiger partial charge in [-0.15, -0.1) is 0 Å². The number of amides is 1. The van der Waals surface area contributed by atoms with Crippen LogP contribution in [0.15, 0.2) is 23.4 Å². The maximum Gasteiger partial charge on any atom is 0.410 e. The summed E-state index contributed by atoms with van der Waals surface area (Å²) >= 11 is 0. The van der Waals surface area contributed by atoms with Crippen LogP contribution in [0.1, 0.15) is 39.2 Å². The first kappa shape index (κ1) is 17.4. The summed E-state index contributed by atoms with van der Waals surface area (Å²) < 4.78 is 18.1. The molecule has 124 valence electrons. The van der Waals surface area contributed by atoms with Crippen molar-refractivity contribution in [2.24, 2.45) is 0 Å². The number of rotatable bonds is 2. The Labute approximate surface area is 138 Å². The summed E-state index contributed by atoms with van der Waals surface area (Å²) in [5.41, 5.74) is -0.116. The predicted octanol–water partition coefficient (Wildman–Crippen LogP) is 2.46. The van der Waals surface area contributed by atoms with Crippen molar-refractivity contribution in [3.8, 4) is 6.07 Å². The number of aromatic nitrogens is 1. The first-order valence-corrected chi connectivity index (χ1v) is 8.76. The Kier molecular flexibility index (Phi) is 5.37. The van der Waals surface area contributed by atoms with Crippen LogP contribution in [0.4, 0.5) is 4.79 Å². The van der Waals surface area contributed by atoms with Gasteiger partial charge < -0.3 is 9.64 Å². The maximum atomic E-state index is 12.7. The summed E-state index contributed by atoms with van der Waals surface area (Å²) in [5.74, 6) is 0. The third kappa shape index (κ3) is 4.76. The van der Waals surface area contributed by atoms with Crippen LogP contribution in [-0.2, 0) is 15.5 Å². The second-order valence-corrected chi connectivity index (χ2v) is 8.16. The molecular weight excluding hydrogens is 314 g/mol. The molecule has 1 aromatic heterocycles. The molecule has 1 fully saturated rings. The van der Waals surface area contributed by atoms with Crippen molar-refractivity contribution in [2.75, 3.05) is 13.1 Å². The third-order valence-corrected chi connectivity index (χ3v) is 5.03. The van der Waals surface area contributed by atoms with Crippen molar-refractivity contribution in [3.63, 3.8) is 0 Å². The molecule has 6 nitrogen and oxygen atoms in total. The quantitative estimate of drug-likeness (QED) is 0.829. The largest absolute Gasteiger partial charge is 0.444 e. The van der Waals surface area contributed by atoms with Crippen LogP contribution in [0.2, 0.25) is 0 Å². The fraction of sp³-hybridized carbons (Fsp3) is 0.562. The van der Waals surface area contributed by atoms with E-state index in [1.165, 1.54) is 6.20 Å². The molecule has 1 aliphatic heterocycles. The highest BCUT2D eigenvalue weighted by molar-refractivity contribution is 7.85. The molecule has 1 saturated heterocycles. The summed E-state index contributed by atoms with van der Waals surface area (Å²) in [6, 6.07) is 5.14. The average Bonchev–Trinajstić information content (AvgIpc) is 2.52. The number of hydrogen-bond acceptors (Lipinski definition) is 5. The normalized spacial score (nSPS) is 19.7. The molecule has 7 heteroatoms. The Morgan fingerprint density at radius 2 is 2.26 bits per heavy atom. The van der Waals surface area contributed by atoms with Gasteiger partial charge in [-0.3, -0.25) is 4.21 Å². The van der Waals surface area contributed by atoms with Gasteiger partial charge in [0.2, 0.25) is 0 Å². The van der Waals surface area contributed by atoms with E-state index < -0.39 is 16.4 Å². The number of ether oxygens (including phenoxy) is 1. The van der Waals surface area contributed by atoms with Crippen molar-refractivity contribution < 1.29 is 13.7 Å². The number of nitriles is 1. The van der Waals surface area contributed by atoms with E-state index in [2.05, 4.69) is 4.98 Å². The Balaban J connectivity index is 2.07. The number of piperidine rings is 1. The highest BCUT2D eigenvalue weighted by Gasteiger charge is 2.31. The Hall–Kier alpha value is -1.94. The summed E-state index contributed by atoms with van der Waals surface area (Å²) in [4.78, 5) is 17.9. The molecule has 0 aromatic carbocycles.